The van der Waals surface area contributed by atoms with Gasteiger partial charge in [-0.3, -0.25) is 4.79 Å². The zero-order chi connectivity index (χ0) is 18.4. The Kier molecular flexibility index (Phi) is 6.49. The molecule has 1 amide bonds. The van der Waals surface area contributed by atoms with E-state index < -0.39 is 5.41 Å². The summed E-state index contributed by atoms with van der Waals surface area (Å²) in [7, 11) is 0. The number of ether oxygens (including phenoxy) is 1. The fourth-order valence-corrected chi connectivity index (χ4v) is 2.63. The monoisotopic (exact) mass is 359 g/mol. The van der Waals surface area contributed by atoms with Crippen LogP contribution >= 0.6 is 11.6 Å². The molecule has 1 N–H and O–H groups in total. The standard InChI is InChI=1S/C21H26ClNO2/c1-15-6-7-16(2)19(14-15)25-13-5-12-21(3,4)20(24)23-18-10-8-17(22)9-11-18/h6-11,14H,5,12-13H2,1-4H3,(H,23,24). The minimum Gasteiger partial charge on any atom is -0.493 e. The van der Waals surface area contributed by atoms with Crippen molar-refractivity contribution in [3.63, 3.8) is 0 Å². The quantitative estimate of drug-likeness (QED) is 0.636. The first kappa shape index (κ1) is 19.3. The number of benzene rings is 2. The van der Waals surface area contributed by atoms with Crippen LogP contribution in [0.3, 0.4) is 0 Å². The first-order valence-electron chi connectivity index (χ1n) is 8.55. The van der Waals surface area contributed by atoms with Gasteiger partial charge in [0.15, 0.2) is 0 Å². The van der Waals surface area contributed by atoms with E-state index >= 15 is 0 Å². The molecule has 0 aliphatic rings. The Morgan fingerprint density at radius 3 is 2.48 bits per heavy atom. The highest BCUT2D eigenvalue weighted by molar-refractivity contribution is 6.30. The van der Waals surface area contributed by atoms with Gasteiger partial charge in [0.1, 0.15) is 5.75 Å². The minimum atomic E-state index is -0.468. The van der Waals surface area contributed by atoms with Crippen molar-refractivity contribution in [3.8, 4) is 5.75 Å². The Morgan fingerprint density at radius 2 is 1.80 bits per heavy atom. The lowest BCUT2D eigenvalue weighted by Crippen LogP contribution is -2.31. The number of hydrogen-bond donors (Lipinski definition) is 1. The third kappa shape index (κ3) is 5.79. The van der Waals surface area contributed by atoms with Gasteiger partial charge in [-0.05, 0) is 68.1 Å². The third-order valence-corrected chi connectivity index (χ3v) is 4.52. The maximum Gasteiger partial charge on any atom is 0.230 e. The van der Waals surface area contributed by atoms with E-state index in [0.29, 0.717) is 11.6 Å². The summed E-state index contributed by atoms with van der Waals surface area (Å²) in [4.78, 5) is 12.5. The number of carbonyl (C=O) groups is 1. The molecule has 0 atom stereocenters. The van der Waals surface area contributed by atoms with Gasteiger partial charge in [-0.25, -0.2) is 0 Å². The summed E-state index contributed by atoms with van der Waals surface area (Å²) in [5, 5.41) is 3.60. The van der Waals surface area contributed by atoms with E-state index in [1.165, 1.54) is 5.56 Å². The van der Waals surface area contributed by atoms with Crippen molar-refractivity contribution < 1.29 is 9.53 Å². The molecule has 25 heavy (non-hydrogen) atoms. The Hall–Kier alpha value is -2.00. The van der Waals surface area contributed by atoms with Crippen molar-refractivity contribution in [2.24, 2.45) is 5.41 Å². The molecule has 0 aliphatic carbocycles. The molecular weight excluding hydrogens is 334 g/mol. The maximum absolute atomic E-state index is 12.5. The van der Waals surface area contributed by atoms with E-state index in [4.69, 9.17) is 16.3 Å². The first-order chi connectivity index (χ1) is 11.8. The Morgan fingerprint density at radius 1 is 1.12 bits per heavy atom. The molecule has 0 heterocycles. The summed E-state index contributed by atoms with van der Waals surface area (Å²) in [5.41, 5.74) is 2.60. The fourth-order valence-electron chi connectivity index (χ4n) is 2.51. The van der Waals surface area contributed by atoms with Crippen molar-refractivity contribution in [2.75, 3.05) is 11.9 Å². The lowest BCUT2D eigenvalue weighted by Gasteiger charge is -2.23. The number of aryl methyl sites for hydroxylation is 2. The van der Waals surface area contributed by atoms with E-state index in [0.717, 1.165) is 29.8 Å². The largest absolute Gasteiger partial charge is 0.493 e. The van der Waals surface area contributed by atoms with Gasteiger partial charge in [0, 0.05) is 16.1 Å². The van der Waals surface area contributed by atoms with Crippen LogP contribution in [0.25, 0.3) is 0 Å². The molecule has 0 saturated heterocycles. The van der Waals surface area contributed by atoms with Crippen molar-refractivity contribution >= 4 is 23.2 Å². The number of hydrogen-bond acceptors (Lipinski definition) is 2. The molecule has 0 unspecified atom stereocenters. The predicted octanol–water partition coefficient (Wildman–Crippen LogP) is 5.78. The van der Waals surface area contributed by atoms with Crippen LogP contribution in [-0.4, -0.2) is 12.5 Å². The van der Waals surface area contributed by atoms with Gasteiger partial charge in [-0.15, -0.1) is 0 Å². The van der Waals surface area contributed by atoms with Crippen LogP contribution in [0.1, 0.15) is 37.8 Å². The van der Waals surface area contributed by atoms with Crippen LogP contribution in [-0.2, 0) is 4.79 Å². The molecule has 2 aromatic carbocycles. The lowest BCUT2D eigenvalue weighted by molar-refractivity contribution is -0.124. The number of amides is 1. The number of rotatable bonds is 7. The highest BCUT2D eigenvalue weighted by atomic mass is 35.5. The van der Waals surface area contributed by atoms with E-state index in [9.17, 15) is 4.79 Å². The van der Waals surface area contributed by atoms with Gasteiger partial charge < -0.3 is 10.1 Å². The second kappa shape index (κ2) is 8.39. The second-order valence-corrected chi connectivity index (χ2v) is 7.50. The number of halogens is 1. The summed E-state index contributed by atoms with van der Waals surface area (Å²) in [6.45, 7) is 8.60. The number of anilines is 1. The predicted molar refractivity (Wildman–Crippen MR) is 105 cm³/mol. The van der Waals surface area contributed by atoms with Gasteiger partial charge in [-0.2, -0.15) is 0 Å². The Balaban J connectivity index is 1.82. The van der Waals surface area contributed by atoms with Crippen molar-refractivity contribution in [1.29, 1.82) is 0 Å². The summed E-state index contributed by atoms with van der Waals surface area (Å²) in [5.74, 6) is 0.921. The van der Waals surface area contributed by atoms with Crippen LogP contribution < -0.4 is 10.1 Å². The molecule has 0 spiro atoms. The zero-order valence-corrected chi connectivity index (χ0v) is 16.1. The van der Waals surface area contributed by atoms with Crippen LogP contribution in [0.4, 0.5) is 5.69 Å². The molecular formula is C21H26ClNO2. The first-order valence-corrected chi connectivity index (χ1v) is 8.93. The smallest absolute Gasteiger partial charge is 0.230 e. The van der Waals surface area contributed by atoms with E-state index in [1.807, 2.05) is 26.8 Å². The number of carbonyl (C=O) groups excluding carboxylic acids is 1. The molecule has 134 valence electrons. The minimum absolute atomic E-state index is 0.00144. The van der Waals surface area contributed by atoms with Gasteiger partial charge in [0.25, 0.3) is 0 Å². The molecule has 0 fully saturated rings. The average molecular weight is 360 g/mol. The fraction of sp³-hybridized carbons (Fsp3) is 0.381. The van der Waals surface area contributed by atoms with Crippen molar-refractivity contribution in [2.45, 2.75) is 40.5 Å². The third-order valence-electron chi connectivity index (χ3n) is 4.26. The molecule has 0 radical (unpaired) electrons. The molecule has 0 aliphatic heterocycles. The molecule has 0 bridgehead atoms. The molecule has 3 nitrogen and oxygen atoms in total. The van der Waals surface area contributed by atoms with Crippen LogP contribution in [0.5, 0.6) is 5.75 Å². The average Bonchev–Trinajstić information content (AvgIpc) is 2.56. The lowest BCUT2D eigenvalue weighted by atomic mass is 9.87. The van der Waals surface area contributed by atoms with Crippen molar-refractivity contribution in [1.82, 2.24) is 0 Å². The Bertz CT molecular complexity index is 723. The van der Waals surface area contributed by atoms with Crippen LogP contribution in [0.15, 0.2) is 42.5 Å². The zero-order valence-electron chi connectivity index (χ0n) is 15.4. The van der Waals surface area contributed by atoms with E-state index in [2.05, 4.69) is 24.4 Å². The summed E-state index contributed by atoms with van der Waals surface area (Å²) >= 11 is 5.87. The number of nitrogens with one attached hydrogen (secondary N) is 1. The second-order valence-electron chi connectivity index (χ2n) is 7.07. The molecule has 2 aromatic rings. The molecule has 0 saturated carbocycles. The van der Waals surface area contributed by atoms with Crippen LogP contribution in [0.2, 0.25) is 5.02 Å². The van der Waals surface area contributed by atoms with E-state index in [-0.39, 0.29) is 5.91 Å². The SMILES string of the molecule is Cc1ccc(C)c(OCCCC(C)(C)C(=O)Nc2ccc(Cl)cc2)c1. The summed E-state index contributed by atoms with van der Waals surface area (Å²) in [6, 6.07) is 13.3. The van der Waals surface area contributed by atoms with Crippen molar-refractivity contribution in [3.05, 3.63) is 58.6 Å². The van der Waals surface area contributed by atoms with Gasteiger partial charge in [-0.1, -0.05) is 37.6 Å². The summed E-state index contributed by atoms with van der Waals surface area (Å²) < 4.78 is 5.88. The van der Waals surface area contributed by atoms with Gasteiger partial charge in [0.05, 0.1) is 6.61 Å². The van der Waals surface area contributed by atoms with Gasteiger partial charge >= 0.3 is 0 Å². The highest BCUT2D eigenvalue weighted by Crippen LogP contribution is 2.26. The highest BCUT2D eigenvalue weighted by Gasteiger charge is 2.27. The molecule has 4 heteroatoms. The van der Waals surface area contributed by atoms with E-state index in [1.54, 1.807) is 24.3 Å². The topological polar surface area (TPSA) is 38.3 Å². The van der Waals surface area contributed by atoms with Crippen LogP contribution in [0, 0.1) is 19.3 Å². The van der Waals surface area contributed by atoms with Gasteiger partial charge in [0.2, 0.25) is 5.91 Å². The summed E-state index contributed by atoms with van der Waals surface area (Å²) in [6.07, 6.45) is 1.56. The Labute approximate surface area is 155 Å². The normalized spacial score (nSPS) is 11.2. The maximum atomic E-state index is 12.5. The molecule has 2 rings (SSSR count). The molecule has 0 aromatic heterocycles.